The molecule has 0 unspecified atom stereocenters. The van der Waals surface area contributed by atoms with E-state index in [-0.39, 0.29) is 12.5 Å². The highest BCUT2D eigenvalue weighted by Gasteiger charge is 2.49. The molecule has 202 valence electrons. The summed E-state index contributed by atoms with van der Waals surface area (Å²) in [6, 6.07) is 10.8. The normalized spacial score (nSPS) is 18.5. The highest BCUT2D eigenvalue weighted by molar-refractivity contribution is 5.92. The van der Waals surface area contributed by atoms with Crippen LogP contribution in [0.2, 0.25) is 0 Å². The minimum atomic E-state index is -0.590. The molecule has 0 bridgehead atoms. The molecule has 1 aromatic heterocycles. The van der Waals surface area contributed by atoms with E-state index in [1.54, 1.807) is 24.1 Å². The Labute approximate surface area is 222 Å². The number of benzene rings is 2. The van der Waals surface area contributed by atoms with Crippen LogP contribution in [0.5, 0.6) is 5.75 Å². The molecular weight excluding hydrogens is 487 g/mol. The van der Waals surface area contributed by atoms with Crippen molar-refractivity contribution in [3.05, 3.63) is 59.5 Å². The van der Waals surface area contributed by atoms with Crippen molar-refractivity contribution in [2.24, 2.45) is 7.05 Å². The maximum Gasteiger partial charge on any atom is 0.322 e. The van der Waals surface area contributed by atoms with Crippen molar-refractivity contribution in [1.29, 1.82) is 0 Å². The van der Waals surface area contributed by atoms with Gasteiger partial charge in [0.05, 0.1) is 25.3 Å². The summed E-state index contributed by atoms with van der Waals surface area (Å²) in [5, 5.41) is 14.5. The number of likely N-dealkylation sites (tertiary alicyclic amines) is 1. The molecule has 0 saturated carbocycles. The van der Waals surface area contributed by atoms with Gasteiger partial charge in [-0.1, -0.05) is 13.0 Å². The summed E-state index contributed by atoms with van der Waals surface area (Å²) < 4.78 is 21.4. The summed E-state index contributed by atoms with van der Waals surface area (Å²) in [6.07, 6.45) is 2.73. The molecule has 3 aromatic rings. The zero-order valence-electron chi connectivity index (χ0n) is 22.2. The maximum absolute atomic E-state index is 13.8. The molecule has 9 heteroatoms. The number of fused-ring (bicyclic) bond motifs is 4. The largest absolute Gasteiger partial charge is 0.497 e. The number of hydrogen-bond acceptors (Lipinski definition) is 4. The van der Waals surface area contributed by atoms with Crippen LogP contribution in [0.15, 0.2) is 42.5 Å². The second-order valence-electron chi connectivity index (χ2n) is 10.4. The lowest BCUT2D eigenvalue weighted by molar-refractivity contribution is -0.133. The first-order chi connectivity index (χ1) is 18.3. The van der Waals surface area contributed by atoms with Crippen LogP contribution in [0.1, 0.15) is 49.9 Å². The molecule has 2 aromatic carbocycles. The Morgan fingerprint density at radius 3 is 2.61 bits per heavy atom. The maximum atomic E-state index is 13.8. The highest BCUT2D eigenvalue weighted by Crippen LogP contribution is 2.50. The van der Waals surface area contributed by atoms with Crippen LogP contribution in [0.3, 0.4) is 0 Å². The first-order valence-electron chi connectivity index (χ1n) is 13.2. The number of hydrogen-bond donors (Lipinski definition) is 2. The summed E-state index contributed by atoms with van der Waals surface area (Å²) in [7, 11) is 3.58. The van der Waals surface area contributed by atoms with Crippen LogP contribution in [0, 0.1) is 5.82 Å². The van der Waals surface area contributed by atoms with E-state index in [0.29, 0.717) is 44.6 Å². The quantitative estimate of drug-likeness (QED) is 0.514. The lowest BCUT2D eigenvalue weighted by Gasteiger charge is -2.50. The zero-order chi connectivity index (χ0) is 27.0. The minimum Gasteiger partial charge on any atom is -0.497 e. The Hall–Kier alpha value is -3.59. The molecule has 2 N–H and O–H groups in total. The topological polar surface area (TPSA) is 87.0 Å². The van der Waals surface area contributed by atoms with Gasteiger partial charge in [-0.15, -0.1) is 0 Å². The predicted molar refractivity (Wildman–Crippen MR) is 144 cm³/mol. The number of rotatable bonds is 5. The summed E-state index contributed by atoms with van der Waals surface area (Å²) in [6.45, 7) is 3.34. The van der Waals surface area contributed by atoms with Gasteiger partial charge in [0.15, 0.2) is 0 Å². The molecule has 0 radical (unpaired) electrons. The highest BCUT2D eigenvalue weighted by atomic mass is 19.1. The van der Waals surface area contributed by atoms with Crippen LogP contribution in [0.25, 0.3) is 10.9 Å². The van der Waals surface area contributed by atoms with E-state index in [4.69, 9.17) is 4.74 Å². The third kappa shape index (κ3) is 4.38. The first-order valence-corrected chi connectivity index (χ1v) is 13.2. The number of piperidine rings is 1. The van der Waals surface area contributed by atoms with E-state index >= 15 is 0 Å². The monoisotopic (exact) mass is 522 g/mol. The fraction of sp³-hybridized carbons (Fsp3) is 0.448. The van der Waals surface area contributed by atoms with E-state index in [9.17, 15) is 19.1 Å². The predicted octanol–water partition coefficient (Wildman–Crippen LogP) is 4.57. The van der Waals surface area contributed by atoms with Crippen molar-refractivity contribution in [3.63, 3.8) is 0 Å². The Bertz CT molecular complexity index is 1360. The number of urea groups is 1. The fourth-order valence-electron chi connectivity index (χ4n) is 6.30. The first kappa shape index (κ1) is 26.0. The number of anilines is 1. The molecule has 0 aliphatic carbocycles. The summed E-state index contributed by atoms with van der Waals surface area (Å²) in [5.74, 6) is 0.450. The molecular formula is C29H35FN4O4. The van der Waals surface area contributed by atoms with Crippen LogP contribution < -0.4 is 10.1 Å². The number of aromatic nitrogens is 1. The molecule has 3 heterocycles. The van der Waals surface area contributed by atoms with Crippen molar-refractivity contribution >= 4 is 28.5 Å². The summed E-state index contributed by atoms with van der Waals surface area (Å²) >= 11 is 0. The van der Waals surface area contributed by atoms with E-state index in [1.165, 1.54) is 12.1 Å². The lowest BCUT2D eigenvalue weighted by Crippen LogP contribution is -2.56. The molecule has 3 amide bonds. The second kappa shape index (κ2) is 10.3. The van der Waals surface area contributed by atoms with Gasteiger partial charge >= 0.3 is 6.03 Å². The number of nitrogens with zero attached hydrogens (tertiary/aromatic N) is 3. The van der Waals surface area contributed by atoms with E-state index in [2.05, 4.69) is 11.4 Å². The van der Waals surface area contributed by atoms with Gasteiger partial charge in [0.1, 0.15) is 11.6 Å². The Morgan fingerprint density at radius 1 is 1.18 bits per heavy atom. The standard InChI is InChI=1S/C29H35FN4O4/c1-4-6-25(36)33-13-11-29(12-14-33)18-34(28(37)31-20-8-5-7-19(30)15-20)24(17-35)27-26(29)22-10-9-21(38-3)16-23(22)32(27)2/h5,7-10,15-16,24,35H,4,6,11-14,17-18H2,1-3H3,(H,31,37)/t24-/m0/s1. The third-order valence-electron chi connectivity index (χ3n) is 8.20. The van der Waals surface area contributed by atoms with Crippen LogP contribution in [-0.2, 0) is 17.3 Å². The summed E-state index contributed by atoms with van der Waals surface area (Å²) in [5.41, 5.74) is 2.92. The number of aliphatic hydroxyl groups excluding tert-OH is 1. The van der Waals surface area contributed by atoms with Gasteiger partial charge in [-0.3, -0.25) is 4.79 Å². The number of aliphatic hydroxyl groups is 1. The minimum absolute atomic E-state index is 0.162. The smallest absolute Gasteiger partial charge is 0.322 e. The van der Waals surface area contributed by atoms with Crippen molar-refractivity contribution in [3.8, 4) is 5.75 Å². The molecule has 1 atom stereocenters. The average molecular weight is 523 g/mol. The number of amides is 3. The number of carbonyl (C=O) groups excluding carboxylic acids is 2. The molecule has 38 heavy (non-hydrogen) atoms. The van der Waals surface area contributed by atoms with E-state index < -0.39 is 23.3 Å². The average Bonchev–Trinajstić information content (AvgIpc) is 3.21. The van der Waals surface area contributed by atoms with Gasteiger partial charge in [-0.2, -0.15) is 0 Å². The number of nitrogens with one attached hydrogen (secondary N) is 1. The van der Waals surface area contributed by atoms with Crippen LogP contribution in [-0.4, -0.2) is 64.8 Å². The molecule has 2 aliphatic heterocycles. The molecule has 1 spiro atoms. The van der Waals surface area contributed by atoms with Gasteiger partial charge in [-0.25, -0.2) is 9.18 Å². The Morgan fingerprint density at radius 2 is 1.95 bits per heavy atom. The molecule has 1 fully saturated rings. The number of carbonyl (C=O) groups is 2. The number of halogens is 1. The number of methoxy groups -OCH3 is 1. The van der Waals surface area contributed by atoms with Crippen molar-refractivity contribution < 1.29 is 23.8 Å². The lowest BCUT2D eigenvalue weighted by atomic mass is 9.68. The van der Waals surface area contributed by atoms with Gasteiger partial charge in [-0.05, 0) is 55.2 Å². The van der Waals surface area contributed by atoms with E-state index in [0.717, 1.165) is 34.3 Å². The molecule has 5 rings (SSSR count). The number of aryl methyl sites for hydroxylation is 1. The Balaban J connectivity index is 1.60. The van der Waals surface area contributed by atoms with Crippen molar-refractivity contribution in [1.82, 2.24) is 14.4 Å². The SMILES string of the molecule is CCCC(=O)N1CCC2(CC1)CN(C(=O)Nc1cccc(F)c1)[C@@H](CO)c1c2c2ccc(OC)cc2n1C. The Kier molecular flexibility index (Phi) is 7.05. The zero-order valence-corrected chi connectivity index (χ0v) is 22.2. The van der Waals surface area contributed by atoms with Gasteiger partial charge in [0, 0.05) is 61.4 Å². The third-order valence-corrected chi connectivity index (χ3v) is 8.20. The second-order valence-corrected chi connectivity index (χ2v) is 10.4. The molecule has 8 nitrogen and oxygen atoms in total. The molecule has 2 aliphatic rings. The van der Waals surface area contributed by atoms with Crippen molar-refractivity contribution in [2.45, 2.75) is 44.1 Å². The fourth-order valence-corrected chi connectivity index (χ4v) is 6.30. The molecule has 1 saturated heterocycles. The van der Waals surface area contributed by atoms with Crippen LogP contribution >= 0.6 is 0 Å². The van der Waals surface area contributed by atoms with Gasteiger partial charge in [0.2, 0.25) is 5.91 Å². The van der Waals surface area contributed by atoms with Crippen LogP contribution in [0.4, 0.5) is 14.9 Å². The van der Waals surface area contributed by atoms with E-state index in [1.807, 2.05) is 35.6 Å². The number of ether oxygens (including phenoxy) is 1. The van der Waals surface area contributed by atoms with Gasteiger partial charge < -0.3 is 29.5 Å². The van der Waals surface area contributed by atoms with Gasteiger partial charge in [0.25, 0.3) is 0 Å². The van der Waals surface area contributed by atoms with Crippen molar-refractivity contribution in [2.75, 3.05) is 38.7 Å². The summed E-state index contributed by atoms with van der Waals surface area (Å²) in [4.78, 5) is 29.9.